The molecule has 0 unspecified atom stereocenters. The zero-order chi connectivity index (χ0) is 15.4. The van der Waals surface area contributed by atoms with Crippen LogP contribution in [0.4, 0.5) is 0 Å². The minimum atomic E-state index is 1.06. The monoisotopic (exact) mass is 361 g/mol. The van der Waals surface area contributed by atoms with Gasteiger partial charge in [-0.25, -0.2) is 4.68 Å². The molecule has 0 aliphatic rings. The summed E-state index contributed by atoms with van der Waals surface area (Å²) in [7, 11) is 0. The first-order valence-corrected chi connectivity index (χ1v) is 8.24. The van der Waals surface area contributed by atoms with Gasteiger partial charge in [0.2, 0.25) is 0 Å². The molecule has 0 aliphatic carbocycles. The highest BCUT2D eigenvalue weighted by molar-refractivity contribution is 9.10. The van der Waals surface area contributed by atoms with E-state index in [1.807, 2.05) is 29.1 Å². The van der Waals surface area contributed by atoms with E-state index in [4.69, 9.17) is 0 Å². The number of fused-ring (bicyclic) bond motifs is 5. The van der Waals surface area contributed by atoms with Gasteiger partial charge in [-0.15, -0.1) is 0 Å². The van der Waals surface area contributed by atoms with Crippen molar-refractivity contribution < 1.29 is 0 Å². The van der Waals surface area contributed by atoms with Crippen LogP contribution in [0.2, 0.25) is 0 Å². The average molecular weight is 362 g/mol. The predicted molar refractivity (Wildman–Crippen MR) is 98.1 cm³/mol. The van der Waals surface area contributed by atoms with Crippen LogP contribution in [0.3, 0.4) is 0 Å². The number of aromatic nitrogens is 3. The molecule has 0 amide bonds. The van der Waals surface area contributed by atoms with Crippen molar-refractivity contribution in [2.45, 2.75) is 0 Å². The molecule has 0 atom stereocenters. The van der Waals surface area contributed by atoms with Gasteiger partial charge in [-0.2, -0.15) is 5.10 Å². The largest absolute Gasteiger partial charge is 0.353 e. The smallest absolute Gasteiger partial charge is 0.0982 e. The van der Waals surface area contributed by atoms with Crippen LogP contribution in [0.1, 0.15) is 0 Å². The molecule has 3 aromatic carbocycles. The van der Waals surface area contributed by atoms with Crippen LogP contribution in [-0.4, -0.2) is 14.8 Å². The molecule has 1 N–H and O–H groups in total. The summed E-state index contributed by atoms with van der Waals surface area (Å²) in [4.78, 5) is 3.56. The van der Waals surface area contributed by atoms with Gasteiger partial charge in [0.15, 0.2) is 0 Å². The van der Waals surface area contributed by atoms with E-state index in [2.05, 4.69) is 68.5 Å². The first-order chi connectivity index (χ1) is 11.3. The molecule has 0 saturated heterocycles. The molecule has 0 saturated carbocycles. The molecular formula is C19H12BrN3. The lowest BCUT2D eigenvalue weighted by Gasteiger charge is -2.04. The zero-order valence-electron chi connectivity index (χ0n) is 12.1. The van der Waals surface area contributed by atoms with E-state index >= 15 is 0 Å². The summed E-state index contributed by atoms with van der Waals surface area (Å²) in [6, 6.07) is 20.9. The van der Waals surface area contributed by atoms with E-state index in [9.17, 15) is 0 Å². The Labute approximate surface area is 140 Å². The summed E-state index contributed by atoms with van der Waals surface area (Å²) < 4.78 is 3.09. The third kappa shape index (κ3) is 1.85. The summed E-state index contributed by atoms with van der Waals surface area (Å²) >= 11 is 3.56. The van der Waals surface area contributed by atoms with Gasteiger partial charge in [-0.3, -0.25) is 0 Å². The zero-order valence-corrected chi connectivity index (χ0v) is 13.7. The van der Waals surface area contributed by atoms with Crippen LogP contribution in [0.25, 0.3) is 38.4 Å². The Hall–Kier alpha value is -2.59. The van der Waals surface area contributed by atoms with Crippen LogP contribution in [0, 0.1) is 0 Å². The van der Waals surface area contributed by atoms with Crippen molar-refractivity contribution >= 4 is 48.6 Å². The Morgan fingerprint density at radius 2 is 1.78 bits per heavy atom. The van der Waals surface area contributed by atoms with Crippen molar-refractivity contribution in [3.63, 3.8) is 0 Å². The van der Waals surface area contributed by atoms with E-state index in [1.54, 1.807) is 0 Å². The second-order valence-electron chi connectivity index (χ2n) is 5.63. The van der Waals surface area contributed by atoms with E-state index in [0.717, 1.165) is 32.1 Å². The number of benzene rings is 3. The van der Waals surface area contributed by atoms with Crippen molar-refractivity contribution in [2.75, 3.05) is 0 Å². The summed E-state index contributed by atoms with van der Waals surface area (Å²) in [5, 5.41) is 8.16. The van der Waals surface area contributed by atoms with Crippen molar-refractivity contribution in [1.29, 1.82) is 0 Å². The fourth-order valence-electron chi connectivity index (χ4n) is 3.22. The van der Waals surface area contributed by atoms with E-state index in [1.165, 1.54) is 10.8 Å². The topological polar surface area (TPSA) is 33.6 Å². The van der Waals surface area contributed by atoms with Crippen LogP contribution in [0.15, 0.2) is 71.3 Å². The number of hydrogen-bond acceptors (Lipinski definition) is 1. The Balaban J connectivity index is 1.95. The molecule has 2 heterocycles. The highest BCUT2D eigenvalue weighted by atomic mass is 79.9. The van der Waals surface area contributed by atoms with Gasteiger partial charge < -0.3 is 4.98 Å². The van der Waals surface area contributed by atoms with Gasteiger partial charge in [-0.05, 0) is 30.3 Å². The second-order valence-corrected chi connectivity index (χ2v) is 6.55. The quantitative estimate of drug-likeness (QED) is 0.424. The molecule has 0 spiro atoms. The first kappa shape index (κ1) is 12.9. The van der Waals surface area contributed by atoms with Gasteiger partial charge in [0.25, 0.3) is 0 Å². The molecule has 0 bridgehead atoms. The number of H-pyrrole nitrogens is 1. The summed E-state index contributed by atoms with van der Waals surface area (Å²) in [6.45, 7) is 0. The Morgan fingerprint density at radius 1 is 0.913 bits per heavy atom. The molecular weight excluding hydrogens is 350 g/mol. The normalized spacial score (nSPS) is 11.7. The molecule has 0 aliphatic heterocycles. The molecule has 3 nitrogen and oxygen atoms in total. The van der Waals surface area contributed by atoms with E-state index in [-0.39, 0.29) is 0 Å². The first-order valence-electron chi connectivity index (χ1n) is 7.44. The maximum atomic E-state index is 4.59. The standard InChI is InChI=1S/C19H12BrN3/c20-13-7-9-17-16(10-13)15-8-6-12-11-21-23(19(12)18(15)22-17)14-4-2-1-3-5-14/h1-11,22H. The number of rotatable bonds is 1. The van der Waals surface area contributed by atoms with Crippen LogP contribution < -0.4 is 0 Å². The van der Waals surface area contributed by atoms with Gasteiger partial charge in [0.05, 0.1) is 22.9 Å². The second kappa shape index (κ2) is 4.70. The van der Waals surface area contributed by atoms with Crippen molar-refractivity contribution in [3.05, 3.63) is 71.3 Å². The van der Waals surface area contributed by atoms with Gasteiger partial charge in [0, 0.05) is 26.1 Å². The third-order valence-corrected chi connectivity index (χ3v) is 4.76. The van der Waals surface area contributed by atoms with Crippen molar-refractivity contribution in [1.82, 2.24) is 14.8 Å². The van der Waals surface area contributed by atoms with E-state index < -0.39 is 0 Å². The number of nitrogens with zero attached hydrogens (tertiary/aromatic N) is 2. The van der Waals surface area contributed by atoms with Crippen molar-refractivity contribution in [2.24, 2.45) is 0 Å². The lowest BCUT2D eigenvalue weighted by Crippen LogP contribution is -1.95. The van der Waals surface area contributed by atoms with Crippen LogP contribution in [0.5, 0.6) is 0 Å². The summed E-state index contributed by atoms with van der Waals surface area (Å²) in [5.74, 6) is 0. The molecule has 23 heavy (non-hydrogen) atoms. The molecule has 5 rings (SSSR count). The Morgan fingerprint density at radius 3 is 2.65 bits per heavy atom. The van der Waals surface area contributed by atoms with E-state index in [0.29, 0.717) is 0 Å². The average Bonchev–Trinajstić information content (AvgIpc) is 3.16. The fraction of sp³-hybridized carbons (Fsp3) is 0. The minimum Gasteiger partial charge on any atom is -0.353 e. The number of halogens is 1. The summed E-state index contributed by atoms with van der Waals surface area (Å²) in [6.07, 6.45) is 1.92. The summed E-state index contributed by atoms with van der Waals surface area (Å²) in [5.41, 5.74) is 4.43. The number of para-hydroxylation sites is 1. The lowest BCUT2D eigenvalue weighted by atomic mass is 10.1. The SMILES string of the molecule is Brc1ccc2[nH]c3c(ccc4cnn(-c5ccccc5)c43)c2c1. The third-order valence-electron chi connectivity index (χ3n) is 4.27. The lowest BCUT2D eigenvalue weighted by molar-refractivity contribution is 0.913. The molecule has 0 fully saturated rings. The molecule has 4 heteroatoms. The van der Waals surface area contributed by atoms with Gasteiger partial charge >= 0.3 is 0 Å². The fourth-order valence-corrected chi connectivity index (χ4v) is 3.58. The number of hydrogen-bond donors (Lipinski definition) is 1. The minimum absolute atomic E-state index is 1.06. The highest BCUT2D eigenvalue weighted by Gasteiger charge is 2.13. The predicted octanol–water partition coefficient (Wildman–Crippen LogP) is 5.42. The van der Waals surface area contributed by atoms with Gasteiger partial charge in [-0.1, -0.05) is 46.3 Å². The highest BCUT2D eigenvalue weighted by Crippen LogP contribution is 2.33. The molecule has 110 valence electrons. The van der Waals surface area contributed by atoms with Crippen molar-refractivity contribution in [3.8, 4) is 5.69 Å². The van der Waals surface area contributed by atoms with Crippen LogP contribution in [-0.2, 0) is 0 Å². The number of aromatic amines is 1. The van der Waals surface area contributed by atoms with Gasteiger partial charge in [0.1, 0.15) is 0 Å². The maximum Gasteiger partial charge on any atom is 0.0982 e. The Bertz CT molecular complexity index is 1170. The maximum absolute atomic E-state index is 4.59. The molecule has 5 aromatic rings. The Kier molecular flexibility index (Phi) is 2.64. The molecule has 0 radical (unpaired) electrons. The van der Waals surface area contributed by atoms with Crippen LogP contribution >= 0.6 is 15.9 Å². The number of nitrogens with one attached hydrogen (secondary N) is 1. The molecule has 2 aromatic heterocycles.